The summed E-state index contributed by atoms with van der Waals surface area (Å²) in [6, 6.07) is 6.45. The molecule has 17 heavy (non-hydrogen) atoms. The van der Waals surface area contributed by atoms with E-state index in [9.17, 15) is 4.79 Å². The minimum atomic E-state index is -0.721. The van der Waals surface area contributed by atoms with E-state index in [2.05, 4.69) is 39.0 Å². The molecular weight excluding hydrogens is 212 g/mol. The molecule has 0 saturated heterocycles. The van der Waals surface area contributed by atoms with Gasteiger partial charge in [-0.2, -0.15) is 0 Å². The molecule has 0 fully saturated rings. The van der Waals surface area contributed by atoms with E-state index in [-0.39, 0.29) is 5.92 Å². The quantitative estimate of drug-likeness (QED) is 0.844. The molecule has 2 heteroatoms. The lowest BCUT2D eigenvalue weighted by Gasteiger charge is -2.16. The van der Waals surface area contributed by atoms with E-state index in [0.29, 0.717) is 12.3 Å². The van der Waals surface area contributed by atoms with E-state index in [0.717, 1.165) is 6.42 Å². The summed E-state index contributed by atoms with van der Waals surface area (Å²) < 4.78 is 0. The molecule has 0 aliphatic carbocycles. The molecule has 0 radical (unpaired) electrons. The van der Waals surface area contributed by atoms with Gasteiger partial charge in [0.05, 0.1) is 5.92 Å². The molecule has 0 aliphatic heterocycles. The second kappa shape index (κ2) is 5.85. The Morgan fingerprint density at radius 1 is 1.29 bits per heavy atom. The maximum absolute atomic E-state index is 10.9. The van der Waals surface area contributed by atoms with Crippen LogP contribution in [0.3, 0.4) is 0 Å². The van der Waals surface area contributed by atoms with Crippen LogP contribution >= 0.6 is 0 Å². The first-order chi connectivity index (χ1) is 7.95. The molecule has 0 saturated carbocycles. The fourth-order valence-electron chi connectivity index (χ4n) is 2.04. The molecule has 0 aliphatic rings. The average molecular weight is 234 g/mol. The molecule has 0 spiro atoms. The van der Waals surface area contributed by atoms with Crippen LogP contribution in [0.15, 0.2) is 18.2 Å². The van der Waals surface area contributed by atoms with Crippen molar-refractivity contribution in [1.82, 2.24) is 0 Å². The van der Waals surface area contributed by atoms with Crippen molar-refractivity contribution in [3.63, 3.8) is 0 Å². The zero-order chi connectivity index (χ0) is 13.0. The van der Waals surface area contributed by atoms with Crippen LogP contribution in [0.4, 0.5) is 0 Å². The molecule has 0 amide bonds. The maximum atomic E-state index is 10.9. The molecule has 1 aromatic carbocycles. The third kappa shape index (κ3) is 3.58. The number of benzene rings is 1. The van der Waals surface area contributed by atoms with Crippen LogP contribution in [0.25, 0.3) is 0 Å². The molecule has 0 bridgehead atoms. The van der Waals surface area contributed by atoms with Gasteiger partial charge < -0.3 is 5.11 Å². The third-order valence-corrected chi connectivity index (χ3v) is 3.19. The Morgan fingerprint density at radius 2 is 1.94 bits per heavy atom. The second-order valence-corrected chi connectivity index (χ2v) is 4.98. The van der Waals surface area contributed by atoms with Crippen molar-refractivity contribution >= 4 is 5.97 Å². The largest absolute Gasteiger partial charge is 0.481 e. The van der Waals surface area contributed by atoms with Gasteiger partial charge in [0.15, 0.2) is 0 Å². The molecule has 1 rings (SSSR count). The van der Waals surface area contributed by atoms with Crippen LogP contribution in [0.2, 0.25) is 0 Å². The Balaban J connectivity index is 3.04. The van der Waals surface area contributed by atoms with Crippen LogP contribution < -0.4 is 0 Å². The highest BCUT2D eigenvalue weighted by Crippen LogP contribution is 2.23. The molecule has 2 nitrogen and oxygen atoms in total. The van der Waals surface area contributed by atoms with Crippen LogP contribution in [-0.2, 0) is 17.6 Å². The van der Waals surface area contributed by atoms with Crippen LogP contribution in [-0.4, -0.2) is 11.1 Å². The Morgan fingerprint density at radius 3 is 2.41 bits per heavy atom. The lowest BCUT2D eigenvalue weighted by molar-refractivity contribution is -0.141. The lowest BCUT2D eigenvalue weighted by atomic mass is 9.89. The van der Waals surface area contributed by atoms with Gasteiger partial charge in [0, 0.05) is 0 Å². The highest BCUT2D eigenvalue weighted by molar-refractivity contribution is 5.70. The van der Waals surface area contributed by atoms with Crippen molar-refractivity contribution in [2.45, 2.75) is 46.5 Å². The summed E-state index contributed by atoms with van der Waals surface area (Å²) >= 11 is 0. The summed E-state index contributed by atoms with van der Waals surface area (Å²) in [6.07, 6.45) is 1.61. The van der Waals surface area contributed by atoms with Gasteiger partial charge in [-0.15, -0.1) is 0 Å². The smallest absolute Gasteiger partial charge is 0.306 e. The van der Waals surface area contributed by atoms with Crippen molar-refractivity contribution in [3.8, 4) is 0 Å². The van der Waals surface area contributed by atoms with Gasteiger partial charge in [-0.05, 0) is 35.4 Å². The zero-order valence-corrected chi connectivity index (χ0v) is 11.2. The van der Waals surface area contributed by atoms with Crippen molar-refractivity contribution in [1.29, 1.82) is 0 Å². The van der Waals surface area contributed by atoms with Crippen LogP contribution in [0.1, 0.15) is 50.3 Å². The first-order valence-electron chi connectivity index (χ1n) is 6.30. The zero-order valence-electron chi connectivity index (χ0n) is 11.2. The number of hydrogen-bond acceptors (Lipinski definition) is 1. The van der Waals surface area contributed by atoms with E-state index < -0.39 is 5.97 Å². The van der Waals surface area contributed by atoms with Gasteiger partial charge in [-0.1, -0.05) is 45.9 Å². The summed E-state index contributed by atoms with van der Waals surface area (Å²) in [5.74, 6) is -0.599. The number of hydrogen-bond donors (Lipinski definition) is 1. The number of aliphatic carboxylic acids is 1. The minimum absolute atomic E-state index is 0.320. The fraction of sp³-hybridized carbons (Fsp3) is 0.533. The highest BCUT2D eigenvalue weighted by Gasteiger charge is 2.15. The normalized spacial score (nSPS) is 12.8. The lowest BCUT2D eigenvalue weighted by Crippen LogP contribution is -2.14. The van der Waals surface area contributed by atoms with Crippen molar-refractivity contribution in [2.75, 3.05) is 0 Å². The molecule has 1 N–H and O–H groups in total. The first kappa shape index (κ1) is 13.8. The summed E-state index contributed by atoms with van der Waals surface area (Å²) in [5, 5.41) is 9.00. The van der Waals surface area contributed by atoms with Gasteiger partial charge in [-0.3, -0.25) is 4.79 Å². The Kier molecular flexibility index (Phi) is 4.73. The van der Waals surface area contributed by atoms with E-state index >= 15 is 0 Å². The molecule has 1 aromatic rings. The third-order valence-electron chi connectivity index (χ3n) is 3.19. The number of aryl methyl sites for hydroxylation is 1. The van der Waals surface area contributed by atoms with E-state index in [1.54, 1.807) is 6.92 Å². The van der Waals surface area contributed by atoms with Crippen LogP contribution in [0.5, 0.6) is 0 Å². The molecular formula is C15H22O2. The molecule has 1 atom stereocenters. The van der Waals surface area contributed by atoms with Crippen molar-refractivity contribution < 1.29 is 9.90 Å². The Hall–Kier alpha value is -1.31. The SMILES string of the molecule is CCc1ccc(C(C)C)c(CC(C)C(=O)O)c1. The predicted molar refractivity (Wildman–Crippen MR) is 70.4 cm³/mol. The van der Waals surface area contributed by atoms with E-state index in [1.807, 2.05) is 0 Å². The van der Waals surface area contributed by atoms with Crippen LogP contribution in [0, 0.1) is 5.92 Å². The number of carboxylic acids is 1. The number of carbonyl (C=O) groups is 1. The highest BCUT2D eigenvalue weighted by atomic mass is 16.4. The second-order valence-electron chi connectivity index (χ2n) is 4.98. The molecule has 1 unspecified atom stereocenters. The average Bonchev–Trinajstić information content (AvgIpc) is 2.28. The topological polar surface area (TPSA) is 37.3 Å². The number of rotatable bonds is 5. The van der Waals surface area contributed by atoms with Gasteiger partial charge >= 0.3 is 5.97 Å². The van der Waals surface area contributed by atoms with E-state index in [4.69, 9.17) is 5.11 Å². The fourth-order valence-corrected chi connectivity index (χ4v) is 2.04. The summed E-state index contributed by atoms with van der Waals surface area (Å²) in [7, 11) is 0. The van der Waals surface area contributed by atoms with Crippen molar-refractivity contribution in [2.24, 2.45) is 5.92 Å². The summed E-state index contributed by atoms with van der Waals surface area (Å²) in [4.78, 5) is 10.9. The van der Waals surface area contributed by atoms with Gasteiger partial charge in [0.25, 0.3) is 0 Å². The molecule has 0 aromatic heterocycles. The standard InChI is InChI=1S/C15H22O2/c1-5-12-6-7-14(10(2)3)13(9-12)8-11(4)15(16)17/h6-7,9-11H,5,8H2,1-4H3,(H,16,17). The maximum Gasteiger partial charge on any atom is 0.306 e. The Bertz CT molecular complexity index is 394. The number of carboxylic acid groups (broad SMARTS) is 1. The summed E-state index contributed by atoms with van der Waals surface area (Å²) in [6.45, 7) is 8.19. The van der Waals surface area contributed by atoms with Gasteiger partial charge in [-0.25, -0.2) is 0 Å². The predicted octanol–water partition coefficient (Wildman–Crippen LogP) is 3.64. The molecule has 94 valence electrons. The minimum Gasteiger partial charge on any atom is -0.481 e. The van der Waals surface area contributed by atoms with E-state index in [1.165, 1.54) is 16.7 Å². The van der Waals surface area contributed by atoms with Crippen molar-refractivity contribution in [3.05, 3.63) is 34.9 Å². The monoisotopic (exact) mass is 234 g/mol. The van der Waals surface area contributed by atoms with Gasteiger partial charge in [0.2, 0.25) is 0 Å². The van der Waals surface area contributed by atoms with Gasteiger partial charge in [0.1, 0.15) is 0 Å². The first-order valence-corrected chi connectivity index (χ1v) is 6.30. The molecule has 0 heterocycles. The Labute approximate surface area is 104 Å². The summed E-state index contributed by atoms with van der Waals surface area (Å²) in [5.41, 5.74) is 3.74.